The summed E-state index contributed by atoms with van der Waals surface area (Å²) in [6, 6.07) is 25.4. The molecule has 0 aliphatic carbocycles. The van der Waals surface area contributed by atoms with Crippen LogP contribution < -0.4 is 0 Å². The van der Waals surface area contributed by atoms with Gasteiger partial charge in [0.25, 0.3) is 0 Å². The molecule has 0 saturated carbocycles. The maximum Gasteiger partial charge on any atom is 0.179 e. The Morgan fingerprint density at radius 2 is 0.792 bits per heavy atom. The summed E-state index contributed by atoms with van der Waals surface area (Å²) >= 11 is 0. The number of carbonyl (C=O) groups excluding carboxylic acids is 4. The second-order valence-electron chi connectivity index (χ2n) is 12.8. The van der Waals surface area contributed by atoms with Gasteiger partial charge in [-0.2, -0.15) is 0 Å². The number of rotatable bonds is 13. The predicted molar refractivity (Wildman–Crippen MR) is 194 cm³/mol. The molecule has 0 aliphatic rings. The fourth-order valence-electron chi connectivity index (χ4n) is 6.52. The minimum Gasteiger partial charge on any atom is -0.299 e. The molecule has 6 nitrogen and oxygen atoms in total. The van der Waals surface area contributed by atoms with Crippen molar-refractivity contribution < 1.29 is 19.2 Å². The maximum atomic E-state index is 13.9. The predicted octanol–water partition coefficient (Wildman–Crippen LogP) is 8.64. The molecule has 4 atom stereocenters. The zero-order chi connectivity index (χ0) is 35.1. The number of carbonyl (C=O) groups is 4. The lowest BCUT2D eigenvalue weighted by molar-refractivity contribution is -0.118. The number of hydrogen-bond acceptors (Lipinski definition) is 6. The van der Waals surface area contributed by atoms with E-state index in [-0.39, 0.29) is 23.1 Å². The number of ketones is 4. The van der Waals surface area contributed by atoms with E-state index in [1.165, 1.54) is 26.3 Å². The van der Waals surface area contributed by atoms with Crippen molar-refractivity contribution in [1.82, 2.24) is 0 Å². The minimum atomic E-state index is -1.10. The summed E-state index contributed by atoms with van der Waals surface area (Å²) in [6.45, 7) is 14.2. The molecule has 0 saturated heterocycles. The minimum absolute atomic E-state index is 0.307. The monoisotopic (exact) mass is 640 g/mol. The van der Waals surface area contributed by atoms with Gasteiger partial charge in [0.05, 0.1) is 0 Å². The number of nitrogens with zero attached hydrogens (tertiary/aromatic N) is 2. The van der Waals surface area contributed by atoms with Crippen LogP contribution in [0.4, 0.5) is 0 Å². The average molecular weight is 641 g/mol. The van der Waals surface area contributed by atoms with E-state index in [0.717, 1.165) is 44.5 Å². The van der Waals surface area contributed by atoms with E-state index in [2.05, 4.69) is 0 Å². The number of aliphatic imine (C=N–C) groups is 2. The van der Waals surface area contributed by atoms with Crippen molar-refractivity contribution >= 4 is 35.6 Å². The molecule has 0 heterocycles. The van der Waals surface area contributed by atoms with Crippen LogP contribution in [-0.4, -0.2) is 35.6 Å². The van der Waals surface area contributed by atoms with E-state index in [4.69, 9.17) is 9.98 Å². The van der Waals surface area contributed by atoms with Gasteiger partial charge in [0, 0.05) is 23.6 Å². The summed E-state index contributed by atoms with van der Waals surface area (Å²) in [4.78, 5) is 63.6. The Bertz CT molecular complexity index is 1700. The van der Waals surface area contributed by atoms with E-state index in [1.54, 1.807) is 0 Å². The molecule has 4 rings (SSSR count). The lowest BCUT2D eigenvalue weighted by Gasteiger charge is -2.23. The third-order valence-corrected chi connectivity index (χ3v) is 8.66. The SMILES string of the molecule is CC(=O)C(C=NC(c1ccccc1)C(N=CC(C(C)=O)C(=O)c1c(C)cc(C)cc1C)c1ccccc1)C(=O)c1c(C)cc(C)cc1C. The van der Waals surface area contributed by atoms with Crippen molar-refractivity contribution in [3.05, 3.63) is 141 Å². The third-order valence-electron chi connectivity index (χ3n) is 8.66. The molecular formula is C42H44N2O4. The summed E-state index contributed by atoms with van der Waals surface area (Å²) < 4.78 is 0. The molecule has 246 valence electrons. The zero-order valence-electron chi connectivity index (χ0n) is 29.1. The van der Waals surface area contributed by atoms with Crippen LogP contribution in [0.1, 0.15) is 91.2 Å². The Morgan fingerprint density at radius 3 is 1.06 bits per heavy atom. The second-order valence-corrected chi connectivity index (χ2v) is 12.8. The molecule has 4 aromatic rings. The quantitative estimate of drug-likeness (QED) is 0.0831. The first-order valence-corrected chi connectivity index (χ1v) is 16.2. The standard InChI is InChI=1S/C42H44N2O4/c1-25-19-27(3)37(28(4)20-25)41(47)35(31(7)45)23-43-39(33-15-11-9-12-16-33)40(34-17-13-10-14-18-34)44-24-36(32(8)46)42(48)38-29(5)21-26(2)22-30(38)6/h9-24,35-36,39-40H,1-8H3. The van der Waals surface area contributed by atoms with Gasteiger partial charge in [-0.15, -0.1) is 0 Å². The van der Waals surface area contributed by atoms with Crippen LogP contribution in [0.15, 0.2) is 94.9 Å². The molecule has 0 fully saturated rings. The highest BCUT2D eigenvalue weighted by molar-refractivity contribution is 6.21. The zero-order valence-corrected chi connectivity index (χ0v) is 29.1. The second kappa shape index (κ2) is 15.7. The van der Waals surface area contributed by atoms with Gasteiger partial charge in [-0.1, -0.05) is 96.1 Å². The van der Waals surface area contributed by atoms with Gasteiger partial charge in [0.2, 0.25) is 0 Å². The van der Waals surface area contributed by atoms with Crippen molar-refractivity contribution in [2.75, 3.05) is 0 Å². The molecule has 0 amide bonds. The molecule has 0 radical (unpaired) electrons. The van der Waals surface area contributed by atoms with Crippen LogP contribution in [-0.2, 0) is 9.59 Å². The summed E-state index contributed by atoms with van der Waals surface area (Å²) in [5, 5.41) is 0. The number of hydrogen-bond donors (Lipinski definition) is 0. The molecule has 0 bridgehead atoms. The van der Waals surface area contributed by atoms with Crippen LogP contribution in [0, 0.1) is 53.4 Å². The first-order valence-electron chi connectivity index (χ1n) is 16.2. The lowest BCUT2D eigenvalue weighted by Crippen LogP contribution is -2.26. The first-order chi connectivity index (χ1) is 22.8. The summed E-state index contributed by atoms with van der Waals surface area (Å²) in [5.74, 6) is -3.45. The number of aryl methyl sites for hydroxylation is 6. The van der Waals surface area contributed by atoms with E-state index in [9.17, 15) is 19.2 Å². The molecule has 0 N–H and O–H groups in total. The van der Waals surface area contributed by atoms with Gasteiger partial charge in [0.15, 0.2) is 11.6 Å². The van der Waals surface area contributed by atoms with E-state index in [1.807, 2.05) is 126 Å². The molecule has 6 heteroatoms. The van der Waals surface area contributed by atoms with E-state index < -0.39 is 23.9 Å². The van der Waals surface area contributed by atoms with E-state index >= 15 is 0 Å². The van der Waals surface area contributed by atoms with Crippen LogP contribution in [0.3, 0.4) is 0 Å². The molecule has 0 aliphatic heterocycles. The first kappa shape index (κ1) is 35.7. The maximum absolute atomic E-state index is 13.9. The fraction of sp³-hybridized carbons (Fsp3) is 0.286. The lowest BCUT2D eigenvalue weighted by atomic mass is 9.88. The number of Topliss-reactive ketones (excluding diaryl/α,β-unsaturated/α-hetero) is 4. The topological polar surface area (TPSA) is 93.0 Å². The van der Waals surface area contributed by atoms with Crippen molar-refractivity contribution in [3.8, 4) is 0 Å². The largest absolute Gasteiger partial charge is 0.299 e. The molecule has 4 aromatic carbocycles. The Morgan fingerprint density at radius 1 is 0.500 bits per heavy atom. The highest BCUT2D eigenvalue weighted by Gasteiger charge is 2.30. The van der Waals surface area contributed by atoms with Gasteiger partial charge >= 0.3 is 0 Å². The van der Waals surface area contributed by atoms with Crippen molar-refractivity contribution in [2.45, 2.75) is 67.5 Å². The Kier molecular flexibility index (Phi) is 11.7. The third kappa shape index (κ3) is 8.24. The Hall–Kier alpha value is -5.10. The molecular weight excluding hydrogens is 596 g/mol. The Balaban J connectivity index is 1.83. The van der Waals surface area contributed by atoms with Gasteiger partial charge in [-0.3, -0.25) is 29.2 Å². The summed E-state index contributed by atoms with van der Waals surface area (Å²) in [5.41, 5.74) is 7.95. The smallest absolute Gasteiger partial charge is 0.179 e. The Labute approximate surface area is 284 Å². The highest BCUT2D eigenvalue weighted by Crippen LogP contribution is 2.36. The number of benzene rings is 4. The highest BCUT2D eigenvalue weighted by atomic mass is 16.2. The fourth-order valence-corrected chi connectivity index (χ4v) is 6.52. The van der Waals surface area contributed by atoms with Crippen LogP contribution in [0.2, 0.25) is 0 Å². The molecule has 0 aromatic heterocycles. The summed E-state index contributed by atoms with van der Waals surface area (Å²) in [6.07, 6.45) is 2.89. The summed E-state index contributed by atoms with van der Waals surface area (Å²) in [7, 11) is 0. The van der Waals surface area contributed by atoms with Crippen molar-refractivity contribution in [2.24, 2.45) is 21.8 Å². The van der Waals surface area contributed by atoms with Crippen molar-refractivity contribution in [3.63, 3.8) is 0 Å². The van der Waals surface area contributed by atoms with Gasteiger partial charge in [-0.05, 0) is 88.8 Å². The van der Waals surface area contributed by atoms with Crippen LogP contribution in [0.5, 0.6) is 0 Å². The van der Waals surface area contributed by atoms with E-state index in [0.29, 0.717) is 11.1 Å². The molecule has 4 unspecified atom stereocenters. The van der Waals surface area contributed by atoms with Crippen LogP contribution >= 0.6 is 0 Å². The van der Waals surface area contributed by atoms with Crippen molar-refractivity contribution in [1.29, 1.82) is 0 Å². The van der Waals surface area contributed by atoms with Gasteiger partial charge in [-0.25, -0.2) is 0 Å². The van der Waals surface area contributed by atoms with Crippen LogP contribution in [0.25, 0.3) is 0 Å². The molecule has 48 heavy (non-hydrogen) atoms. The molecule has 0 spiro atoms. The average Bonchev–Trinajstić information content (AvgIpc) is 3.01. The van der Waals surface area contributed by atoms with Gasteiger partial charge < -0.3 is 0 Å². The van der Waals surface area contributed by atoms with Gasteiger partial charge in [0.1, 0.15) is 35.5 Å². The normalized spacial score (nSPS) is 14.1.